The highest BCUT2D eigenvalue weighted by Gasteiger charge is 2.47. The van der Waals surface area contributed by atoms with Gasteiger partial charge in [-0.15, -0.1) is 0 Å². The molecular weight excluding hydrogens is 471 g/mol. The van der Waals surface area contributed by atoms with Crippen LogP contribution in [-0.4, -0.2) is 23.4 Å². The molecule has 0 bridgehead atoms. The lowest BCUT2D eigenvalue weighted by molar-refractivity contribution is -0.137. The molecule has 1 atom stereocenters. The van der Waals surface area contributed by atoms with Crippen LogP contribution in [-0.2, 0) is 22.2 Å². The van der Waals surface area contributed by atoms with E-state index in [1.165, 1.54) is 12.1 Å². The summed E-state index contributed by atoms with van der Waals surface area (Å²) in [6.07, 6.45) is -3.09. The number of aryl methyl sites for hydroxylation is 2. The Morgan fingerprint density at radius 3 is 2.56 bits per heavy atom. The van der Waals surface area contributed by atoms with Gasteiger partial charge in [-0.25, -0.2) is 0 Å². The van der Waals surface area contributed by atoms with Crippen LogP contribution < -0.4 is 9.64 Å². The third-order valence-corrected chi connectivity index (χ3v) is 6.56. The van der Waals surface area contributed by atoms with E-state index in [1.54, 1.807) is 49.4 Å². The molecule has 0 spiro atoms. The quantitative estimate of drug-likeness (QED) is 0.278. The van der Waals surface area contributed by atoms with Crippen LogP contribution >= 0.6 is 0 Å². The number of alkyl halides is 3. The first-order chi connectivity index (χ1) is 17.2. The van der Waals surface area contributed by atoms with E-state index in [4.69, 9.17) is 4.74 Å². The smallest absolute Gasteiger partial charge is 0.416 e. The summed E-state index contributed by atoms with van der Waals surface area (Å²) in [5.41, 5.74) is 1.23. The van der Waals surface area contributed by atoms with E-state index in [0.29, 0.717) is 29.0 Å². The highest BCUT2D eigenvalue weighted by molar-refractivity contribution is 6.51. The number of amides is 1. The zero-order valence-electron chi connectivity index (χ0n) is 19.3. The molecular formula is C28H22F3NO4. The molecule has 1 unspecified atom stereocenters. The fourth-order valence-electron chi connectivity index (χ4n) is 4.78. The molecule has 2 heterocycles. The van der Waals surface area contributed by atoms with Gasteiger partial charge in [-0.05, 0) is 72.9 Å². The number of Topliss-reactive ketones (excluding diaryl/α,β-unsaturated/α-hetero) is 1. The maximum absolute atomic E-state index is 13.4. The van der Waals surface area contributed by atoms with Gasteiger partial charge in [-0.3, -0.25) is 14.5 Å². The minimum atomic E-state index is -4.63. The molecule has 184 valence electrons. The molecule has 1 saturated heterocycles. The van der Waals surface area contributed by atoms with Crippen molar-refractivity contribution < 1.29 is 32.6 Å². The number of carbonyl (C=O) groups excluding carboxylic acids is 2. The Morgan fingerprint density at radius 1 is 1.03 bits per heavy atom. The number of hydrogen-bond donors (Lipinski definition) is 1. The summed E-state index contributed by atoms with van der Waals surface area (Å²) in [7, 11) is 0. The van der Waals surface area contributed by atoms with Crippen molar-refractivity contribution in [3.05, 3.63) is 100 Å². The third-order valence-electron chi connectivity index (χ3n) is 6.56. The topological polar surface area (TPSA) is 66.8 Å². The van der Waals surface area contributed by atoms with Crippen molar-refractivity contribution in [2.45, 2.75) is 32.0 Å². The molecule has 5 rings (SSSR count). The zero-order chi connectivity index (χ0) is 25.6. The lowest BCUT2D eigenvalue weighted by atomic mass is 9.91. The van der Waals surface area contributed by atoms with Gasteiger partial charge in [0.25, 0.3) is 11.7 Å². The standard InChI is InChI=1S/C28H22F3NO4/c1-16-6-2-3-10-21(16)24-23(25(33)18-11-12-22-17(14-18)7-5-13-36-22)26(34)27(35)32(24)20-9-4-8-19(15-20)28(29,30)31/h2-4,6,8-12,14-15,24,33H,5,7,13H2,1H3/b25-23+. The largest absolute Gasteiger partial charge is 0.507 e. The van der Waals surface area contributed by atoms with Crippen molar-refractivity contribution in [3.8, 4) is 5.75 Å². The predicted octanol–water partition coefficient (Wildman–Crippen LogP) is 5.97. The number of ether oxygens (including phenoxy) is 1. The van der Waals surface area contributed by atoms with Gasteiger partial charge in [-0.2, -0.15) is 13.2 Å². The Balaban J connectivity index is 1.71. The summed E-state index contributed by atoms with van der Waals surface area (Å²) >= 11 is 0. The van der Waals surface area contributed by atoms with Crippen molar-refractivity contribution in [2.75, 3.05) is 11.5 Å². The summed E-state index contributed by atoms with van der Waals surface area (Å²) in [4.78, 5) is 27.6. The van der Waals surface area contributed by atoms with Crippen molar-refractivity contribution >= 4 is 23.1 Å². The number of hydrogen-bond acceptors (Lipinski definition) is 4. The number of carbonyl (C=O) groups is 2. The molecule has 5 nitrogen and oxygen atoms in total. The predicted molar refractivity (Wildman–Crippen MR) is 128 cm³/mol. The average Bonchev–Trinajstić information content (AvgIpc) is 3.13. The maximum atomic E-state index is 13.4. The van der Waals surface area contributed by atoms with Gasteiger partial charge >= 0.3 is 6.18 Å². The molecule has 0 radical (unpaired) electrons. The molecule has 36 heavy (non-hydrogen) atoms. The fraction of sp³-hybridized carbons (Fsp3) is 0.214. The molecule has 2 aliphatic heterocycles. The van der Waals surface area contributed by atoms with Gasteiger partial charge in [-0.1, -0.05) is 30.3 Å². The van der Waals surface area contributed by atoms with Gasteiger partial charge in [0, 0.05) is 11.3 Å². The van der Waals surface area contributed by atoms with Crippen molar-refractivity contribution in [2.24, 2.45) is 0 Å². The van der Waals surface area contributed by atoms with E-state index in [1.807, 2.05) is 0 Å². The van der Waals surface area contributed by atoms with E-state index in [0.717, 1.165) is 35.4 Å². The van der Waals surface area contributed by atoms with Crippen molar-refractivity contribution in [1.82, 2.24) is 0 Å². The van der Waals surface area contributed by atoms with Crippen molar-refractivity contribution in [3.63, 3.8) is 0 Å². The van der Waals surface area contributed by atoms with Gasteiger partial charge < -0.3 is 9.84 Å². The molecule has 3 aromatic carbocycles. The summed E-state index contributed by atoms with van der Waals surface area (Å²) in [5.74, 6) is -1.67. The van der Waals surface area contributed by atoms with Crippen LogP contribution in [0.5, 0.6) is 5.75 Å². The number of rotatable bonds is 3. The average molecular weight is 493 g/mol. The normalized spacial score (nSPS) is 19.2. The fourth-order valence-corrected chi connectivity index (χ4v) is 4.78. The Morgan fingerprint density at radius 2 is 1.81 bits per heavy atom. The minimum Gasteiger partial charge on any atom is -0.507 e. The molecule has 8 heteroatoms. The molecule has 1 amide bonds. The lowest BCUT2D eigenvalue weighted by Gasteiger charge is -2.27. The van der Waals surface area contributed by atoms with Crippen LogP contribution in [0, 0.1) is 6.92 Å². The van der Waals surface area contributed by atoms with E-state index >= 15 is 0 Å². The first kappa shape index (κ1) is 23.7. The third kappa shape index (κ3) is 4.02. The van der Waals surface area contributed by atoms with E-state index < -0.39 is 29.5 Å². The van der Waals surface area contributed by atoms with Gasteiger partial charge in [0.05, 0.1) is 23.8 Å². The number of halogens is 3. The number of nitrogens with zero attached hydrogens (tertiary/aromatic N) is 1. The van der Waals surface area contributed by atoms with Crippen LogP contribution in [0.25, 0.3) is 5.76 Å². The van der Waals surface area contributed by atoms with Gasteiger partial charge in [0.2, 0.25) is 0 Å². The number of fused-ring (bicyclic) bond motifs is 1. The number of aliphatic hydroxyl groups is 1. The molecule has 1 N–H and O–H groups in total. The first-order valence-corrected chi connectivity index (χ1v) is 11.5. The van der Waals surface area contributed by atoms with Crippen LogP contribution in [0.15, 0.2) is 72.3 Å². The second kappa shape index (κ2) is 8.86. The van der Waals surface area contributed by atoms with Crippen LogP contribution in [0.1, 0.15) is 40.3 Å². The number of anilines is 1. The minimum absolute atomic E-state index is 0.0851. The van der Waals surface area contributed by atoms with E-state index in [-0.39, 0.29) is 17.0 Å². The second-order valence-corrected chi connectivity index (χ2v) is 8.85. The Labute approximate surface area is 205 Å². The molecule has 0 aliphatic carbocycles. The highest BCUT2D eigenvalue weighted by Crippen LogP contribution is 2.44. The maximum Gasteiger partial charge on any atom is 0.416 e. The summed E-state index contributed by atoms with van der Waals surface area (Å²) in [6, 6.07) is 15.2. The summed E-state index contributed by atoms with van der Waals surface area (Å²) < 4.78 is 46.0. The lowest BCUT2D eigenvalue weighted by Crippen LogP contribution is -2.30. The van der Waals surface area contributed by atoms with Crippen LogP contribution in [0.4, 0.5) is 18.9 Å². The molecule has 2 aliphatic rings. The van der Waals surface area contributed by atoms with Gasteiger partial charge in [0.15, 0.2) is 0 Å². The first-order valence-electron chi connectivity index (χ1n) is 11.5. The van der Waals surface area contributed by atoms with Gasteiger partial charge in [0.1, 0.15) is 11.5 Å². The number of benzene rings is 3. The molecule has 0 saturated carbocycles. The number of aliphatic hydroxyl groups excluding tert-OH is 1. The summed E-state index contributed by atoms with van der Waals surface area (Å²) in [5, 5.41) is 11.3. The Bertz CT molecular complexity index is 1410. The Kier molecular flexibility index (Phi) is 5.82. The Hall–Kier alpha value is -4.07. The van der Waals surface area contributed by atoms with Crippen LogP contribution in [0.3, 0.4) is 0 Å². The highest BCUT2D eigenvalue weighted by atomic mass is 19.4. The molecule has 1 fully saturated rings. The van der Waals surface area contributed by atoms with E-state index in [2.05, 4.69) is 0 Å². The molecule has 0 aromatic heterocycles. The molecule has 3 aromatic rings. The monoisotopic (exact) mass is 493 g/mol. The second-order valence-electron chi connectivity index (χ2n) is 8.85. The zero-order valence-corrected chi connectivity index (χ0v) is 19.3. The number of ketones is 1. The van der Waals surface area contributed by atoms with Crippen molar-refractivity contribution in [1.29, 1.82) is 0 Å². The van der Waals surface area contributed by atoms with E-state index in [9.17, 15) is 27.9 Å². The SMILES string of the molecule is Cc1ccccc1C1/C(=C(\O)c2ccc3c(c2)CCCO3)C(=O)C(=O)N1c1cccc(C(F)(F)F)c1. The summed E-state index contributed by atoms with van der Waals surface area (Å²) in [6.45, 7) is 2.37. The van der Waals surface area contributed by atoms with Crippen LogP contribution in [0.2, 0.25) is 0 Å².